The van der Waals surface area contributed by atoms with E-state index in [4.69, 9.17) is 4.52 Å². The van der Waals surface area contributed by atoms with E-state index in [1.54, 1.807) is 0 Å². The number of pyridine rings is 1. The summed E-state index contributed by atoms with van der Waals surface area (Å²) < 4.78 is 35.3. The fraction of sp³-hybridized carbons (Fsp3) is 0.412. The number of hydrogen-bond donors (Lipinski definition) is 0. The van der Waals surface area contributed by atoms with Crippen LogP contribution in [0.2, 0.25) is 0 Å². The van der Waals surface area contributed by atoms with Crippen molar-refractivity contribution in [2.24, 2.45) is 5.92 Å². The zero-order valence-corrected chi connectivity index (χ0v) is 17.3. The van der Waals surface area contributed by atoms with Gasteiger partial charge in [-0.2, -0.15) is 0 Å². The van der Waals surface area contributed by atoms with Crippen molar-refractivity contribution < 1.29 is 13.3 Å². The van der Waals surface area contributed by atoms with E-state index in [1.807, 2.05) is 41.9 Å². The Morgan fingerprint density at radius 3 is 2.62 bits per heavy atom. The topological polar surface area (TPSA) is 43.9 Å². The normalized spacial score (nSPS) is 17.6. The highest BCUT2D eigenvalue weighted by molar-refractivity contribution is 14.1. The van der Waals surface area contributed by atoms with Crippen LogP contribution in [0.4, 0.5) is 8.78 Å². The van der Waals surface area contributed by atoms with Gasteiger partial charge in [0.25, 0.3) is 0 Å². The number of halogens is 3. The summed E-state index contributed by atoms with van der Waals surface area (Å²) in [5.41, 5.74) is 4.52. The van der Waals surface area contributed by atoms with Gasteiger partial charge in [0.2, 0.25) is 5.92 Å². The molecule has 0 aromatic carbocycles. The van der Waals surface area contributed by atoms with Crippen molar-refractivity contribution in [3.8, 4) is 11.1 Å². The summed E-state index contributed by atoms with van der Waals surface area (Å²) >= 11 is 2.26. The average molecular weight is 467 g/mol. The molecule has 3 aromatic heterocycles. The molecule has 0 radical (unpaired) electrons. The molecular weight excluding hydrogens is 449 g/mol. The summed E-state index contributed by atoms with van der Waals surface area (Å²) in [6.07, 6.45) is 3.72. The highest BCUT2D eigenvalue weighted by atomic mass is 127. The maximum Gasteiger partial charge on any atom is 0.248 e. The van der Waals surface area contributed by atoms with Crippen molar-refractivity contribution >= 4 is 49.3 Å². The molecule has 0 spiro atoms. The largest absolute Gasteiger partial charge is 0.361 e. The first kappa shape index (κ1) is 18.0. The predicted octanol–water partition coefficient (Wildman–Crippen LogP) is 2.83. The molecule has 0 aliphatic heterocycles. The van der Waals surface area contributed by atoms with Crippen molar-refractivity contribution in [3.05, 3.63) is 33.5 Å². The summed E-state index contributed by atoms with van der Waals surface area (Å²) in [7, 11) is 4.07. The molecular formula is C17H18B2F2IN3O. The van der Waals surface area contributed by atoms with Crippen molar-refractivity contribution in [3.63, 3.8) is 0 Å². The Morgan fingerprint density at radius 2 is 2.04 bits per heavy atom. The summed E-state index contributed by atoms with van der Waals surface area (Å²) in [5.74, 6) is -1.85. The molecule has 0 N–H and O–H groups in total. The molecule has 134 valence electrons. The first-order chi connectivity index (χ1) is 12.1. The van der Waals surface area contributed by atoms with E-state index in [9.17, 15) is 8.78 Å². The number of rotatable bonds is 3. The molecule has 1 aliphatic carbocycles. The second-order valence-electron chi connectivity index (χ2n) is 7.75. The molecule has 0 bridgehead atoms. The molecule has 3 aromatic rings. The lowest BCUT2D eigenvalue weighted by atomic mass is 9.49. The van der Waals surface area contributed by atoms with Crippen LogP contribution in [0.15, 0.2) is 23.0 Å². The van der Waals surface area contributed by atoms with Crippen LogP contribution in [0.1, 0.15) is 24.3 Å². The molecule has 0 unspecified atom stereocenters. The molecule has 0 saturated heterocycles. The van der Waals surface area contributed by atoms with Crippen LogP contribution in [0.25, 0.3) is 22.2 Å². The van der Waals surface area contributed by atoms with Gasteiger partial charge in [-0.25, -0.2) is 8.78 Å². The van der Waals surface area contributed by atoms with Gasteiger partial charge < -0.3 is 9.09 Å². The highest BCUT2D eigenvalue weighted by Crippen LogP contribution is 2.49. The third-order valence-electron chi connectivity index (χ3n) is 5.63. The molecule has 1 saturated carbocycles. The Kier molecular flexibility index (Phi) is 4.02. The Balaban J connectivity index is 1.85. The third kappa shape index (κ3) is 2.70. The zero-order valence-electron chi connectivity index (χ0n) is 15.1. The zero-order chi connectivity index (χ0) is 18.9. The highest BCUT2D eigenvalue weighted by Gasteiger charge is 2.51. The lowest BCUT2D eigenvalue weighted by Gasteiger charge is -2.46. The van der Waals surface area contributed by atoms with Gasteiger partial charge in [0.1, 0.15) is 27.0 Å². The Hall–Kier alpha value is -1.38. The maximum absolute atomic E-state index is 13.5. The third-order valence-corrected chi connectivity index (χ3v) is 6.42. The van der Waals surface area contributed by atoms with E-state index in [1.165, 1.54) is 0 Å². The smallest absolute Gasteiger partial charge is 0.248 e. The van der Waals surface area contributed by atoms with E-state index < -0.39 is 11.3 Å². The first-order valence-corrected chi connectivity index (χ1v) is 9.66. The second-order valence-corrected chi connectivity index (χ2v) is 8.91. The fourth-order valence-corrected chi connectivity index (χ4v) is 4.63. The molecule has 1 aliphatic rings. The van der Waals surface area contributed by atoms with Crippen molar-refractivity contribution in [2.45, 2.75) is 37.9 Å². The fourth-order valence-electron chi connectivity index (χ4n) is 3.93. The molecule has 3 heterocycles. The van der Waals surface area contributed by atoms with Gasteiger partial charge in [0.05, 0.1) is 14.8 Å². The van der Waals surface area contributed by atoms with Crippen LogP contribution in [-0.2, 0) is 5.34 Å². The predicted molar refractivity (Wildman–Crippen MR) is 110 cm³/mol. The van der Waals surface area contributed by atoms with Crippen molar-refractivity contribution in [2.75, 3.05) is 0 Å². The standard InChI is InChI=1S/C17H18B2F2IN3O/c1-8-14(9(2)26-24-8)10-3-13-15(23-6-10)12(22)7-25(13)17(18,19)11-4-16(20,21)5-11/h3,6-7,11H,4-5,18-19H2,1-2H3. The maximum atomic E-state index is 13.5. The molecule has 4 nitrogen and oxygen atoms in total. The van der Waals surface area contributed by atoms with E-state index >= 15 is 0 Å². The molecule has 1 fully saturated rings. The number of nitrogens with zero attached hydrogens (tertiary/aromatic N) is 3. The van der Waals surface area contributed by atoms with E-state index in [0.29, 0.717) is 0 Å². The lowest BCUT2D eigenvalue weighted by Crippen LogP contribution is -2.52. The molecule has 4 rings (SSSR count). The van der Waals surface area contributed by atoms with E-state index in [-0.39, 0.29) is 18.8 Å². The number of fused-ring (bicyclic) bond motifs is 1. The number of aromatic nitrogens is 3. The first-order valence-electron chi connectivity index (χ1n) is 8.58. The minimum atomic E-state index is -2.53. The summed E-state index contributed by atoms with van der Waals surface area (Å²) in [5, 5.41) is 3.61. The lowest BCUT2D eigenvalue weighted by molar-refractivity contribution is -0.120. The van der Waals surface area contributed by atoms with Gasteiger partial charge in [0, 0.05) is 36.4 Å². The van der Waals surface area contributed by atoms with Gasteiger partial charge in [-0.1, -0.05) is 5.16 Å². The SMILES string of the molecule is BC(B)(C1CC(F)(F)C1)n1cc(I)c2ncc(-c3c(C)noc3C)cc21. The van der Waals surface area contributed by atoms with Crippen LogP contribution in [-0.4, -0.2) is 36.3 Å². The van der Waals surface area contributed by atoms with E-state index in [2.05, 4.69) is 43.4 Å². The average Bonchev–Trinajstić information content (AvgIpc) is 3.05. The summed E-state index contributed by atoms with van der Waals surface area (Å²) in [4.78, 5) is 4.64. The van der Waals surface area contributed by atoms with Gasteiger partial charge in [-0.05, 0) is 53.8 Å². The van der Waals surface area contributed by atoms with Crippen LogP contribution < -0.4 is 0 Å². The summed E-state index contributed by atoms with van der Waals surface area (Å²) in [6, 6.07) is 2.07. The molecule has 0 atom stereocenters. The number of aryl methyl sites for hydroxylation is 2. The van der Waals surface area contributed by atoms with Crippen LogP contribution in [0, 0.1) is 23.3 Å². The van der Waals surface area contributed by atoms with Crippen molar-refractivity contribution in [1.82, 2.24) is 14.7 Å². The van der Waals surface area contributed by atoms with Crippen LogP contribution in [0.3, 0.4) is 0 Å². The molecule has 26 heavy (non-hydrogen) atoms. The molecule has 9 heteroatoms. The Bertz CT molecular complexity index is 988. The minimum absolute atomic E-state index is 0.0623. The van der Waals surface area contributed by atoms with Crippen LogP contribution in [0.5, 0.6) is 0 Å². The van der Waals surface area contributed by atoms with Gasteiger partial charge in [-0.3, -0.25) is 4.98 Å². The van der Waals surface area contributed by atoms with Gasteiger partial charge in [0.15, 0.2) is 0 Å². The van der Waals surface area contributed by atoms with Crippen molar-refractivity contribution in [1.29, 1.82) is 0 Å². The quantitative estimate of drug-likeness (QED) is 0.440. The minimum Gasteiger partial charge on any atom is -0.361 e. The monoisotopic (exact) mass is 467 g/mol. The second kappa shape index (κ2) is 5.81. The Labute approximate surface area is 165 Å². The number of alkyl halides is 2. The molecule has 0 amide bonds. The number of hydrogen-bond acceptors (Lipinski definition) is 3. The van der Waals surface area contributed by atoms with Gasteiger partial charge in [-0.15, -0.1) is 0 Å². The van der Waals surface area contributed by atoms with Gasteiger partial charge >= 0.3 is 0 Å². The Morgan fingerprint density at radius 1 is 1.35 bits per heavy atom. The summed E-state index contributed by atoms with van der Waals surface area (Å²) in [6.45, 7) is 3.78. The van der Waals surface area contributed by atoms with E-state index in [0.717, 1.165) is 37.2 Å². The van der Waals surface area contributed by atoms with Crippen LogP contribution >= 0.6 is 22.6 Å².